The molecule has 0 heterocycles. The van der Waals surface area contributed by atoms with E-state index in [1.807, 2.05) is 13.8 Å². The van der Waals surface area contributed by atoms with Crippen LogP contribution in [-0.4, -0.2) is 25.8 Å². The molecule has 0 aromatic carbocycles. The molecule has 9 heavy (non-hydrogen) atoms. The van der Waals surface area contributed by atoms with Crippen molar-refractivity contribution in [3.63, 3.8) is 0 Å². The molecule has 0 bridgehead atoms. The van der Waals surface area contributed by atoms with Crippen molar-refractivity contribution in [3.8, 4) is 0 Å². The van der Waals surface area contributed by atoms with E-state index < -0.39 is 10.6 Å². The zero-order chi connectivity index (χ0) is 7.70. The third kappa shape index (κ3) is 94.5. The highest BCUT2D eigenvalue weighted by molar-refractivity contribution is 7.59. The van der Waals surface area contributed by atoms with Crippen molar-refractivity contribution in [2.75, 3.05) is 13.2 Å². The van der Waals surface area contributed by atoms with Crippen LogP contribution in [0.1, 0.15) is 13.8 Å². The zero-order valence-corrected chi connectivity index (χ0v) is 6.27. The number of hydrogen-bond donors (Lipinski definition) is 0. The average molecular weight is 154 g/mol. The molecule has 0 aliphatic rings. The number of ether oxygens (including phenoxy) is 1. The van der Waals surface area contributed by atoms with E-state index in [0.29, 0.717) is 0 Å². The van der Waals surface area contributed by atoms with Crippen LogP contribution in [0.3, 0.4) is 0 Å². The van der Waals surface area contributed by atoms with E-state index in [1.165, 1.54) is 0 Å². The highest BCUT2D eigenvalue weighted by Crippen LogP contribution is 1.64. The Morgan fingerprint density at radius 1 is 1.11 bits per heavy atom. The second-order valence-corrected chi connectivity index (χ2v) is 1.39. The van der Waals surface area contributed by atoms with E-state index in [-0.39, 0.29) is 0 Å². The number of rotatable bonds is 2. The van der Waals surface area contributed by atoms with Gasteiger partial charge in [-0.25, -0.2) is 0 Å². The Morgan fingerprint density at radius 2 is 1.33 bits per heavy atom. The Balaban J connectivity index is 0. The molecule has 0 radical (unpaired) electrons. The predicted molar refractivity (Wildman–Crippen MR) is 31.9 cm³/mol. The van der Waals surface area contributed by atoms with Crippen LogP contribution in [0.5, 0.6) is 0 Å². The number of hydrogen-bond acceptors (Lipinski definition) is 4. The Bertz CT molecular complexity index is 113. The van der Waals surface area contributed by atoms with Gasteiger partial charge in [-0.1, -0.05) is 0 Å². The largest absolute Gasteiger partial charge is 0.425 e. The van der Waals surface area contributed by atoms with Crippen molar-refractivity contribution in [3.05, 3.63) is 0 Å². The van der Waals surface area contributed by atoms with Crippen LogP contribution < -0.4 is 0 Å². The van der Waals surface area contributed by atoms with Crippen LogP contribution in [-0.2, 0) is 15.3 Å². The molecule has 0 amide bonds. The molecule has 0 saturated carbocycles. The molecule has 56 valence electrons. The van der Waals surface area contributed by atoms with Gasteiger partial charge < -0.3 is 4.74 Å². The molecule has 0 aliphatic heterocycles. The van der Waals surface area contributed by atoms with Gasteiger partial charge in [0.1, 0.15) is 0 Å². The minimum atomic E-state index is -3.11. The standard InChI is InChI=1S/C4H10O.O3S/c1-3-5-4-2;1-4(2)3/h3-4H2,1-2H3;. The van der Waals surface area contributed by atoms with Crippen LogP contribution >= 0.6 is 0 Å². The smallest absolute Gasteiger partial charge is 0.382 e. The monoisotopic (exact) mass is 154 g/mol. The lowest BCUT2D eigenvalue weighted by atomic mass is 10.8. The maximum Gasteiger partial charge on any atom is 0.425 e. The summed E-state index contributed by atoms with van der Waals surface area (Å²) < 4.78 is 30.2. The van der Waals surface area contributed by atoms with Crippen LogP contribution in [0.2, 0.25) is 0 Å². The third-order valence-electron chi connectivity index (χ3n) is 0.408. The van der Waals surface area contributed by atoms with Gasteiger partial charge in [0.15, 0.2) is 0 Å². The lowest BCUT2D eigenvalue weighted by Crippen LogP contribution is -1.84. The van der Waals surface area contributed by atoms with Crippen LogP contribution in [0.4, 0.5) is 0 Å². The normalized spacial score (nSPS) is 7.33. The Hall–Kier alpha value is -0.420. The first-order valence-corrected chi connectivity index (χ1v) is 3.49. The van der Waals surface area contributed by atoms with Gasteiger partial charge in [-0.3, -0.25) is 0 Å². The molecule has 0 atom stereocenters. The maximum atomic E-state index is 8.44. The summed E-state index contributed by atoms with van der Waals surface area (Å²) in [6.45, 7) is 5.67. The van der Waals surface area contributed by atoms with Crippen molar-refractivity contribution in [1.82, 2.24) is 0 Å². The summed E-state index contributed by atoms with van der Waals surface area (Å²) in [7, 11) is -3.11. The van der Waals surface area contributed by atoms with Crippen LogP contribution in [0, 0.1) is 0 Å². The summed E-state index contributed by atoms with van der Waals surface area (Å²) in [6, 6.07) is 0. The van der Waals surface area contributed by atoms with Gasteiger partial charge in [-0.2, -0.15) is 0 Å². The predicted octanol–water partition coefficient (Wildman–Crippen LogP) is 0.0387. The highest BCUT2D eigenvalue weighted by atomic mass is 32.2. The SMILES string of the molecule is CCOCC.O=S(=O)=O. The van der Waals surface area contributed by atoms with E-state index in [2.05, 4.69) is 0 Å². The second-order valence-electron chi connectivity index (χ2n) is 0.986. The Kier molecular flexibility index (Phi) is 13.3. The molecular weight excluding hydrogens is 144 g/mol. The Labute approximate surface area is 55.9 Å². The van der Waals surface area contributed by atoms with E-state index in [9.17, 15) is 0 Å². The minimum absolute atomic E-state index is 0.844. The first kappa shape index (κ1) is 11.4. The van der Waals surface area contributed by atoms with Crippen LogP contribution in [0.15, 0.2) is 0 Å². The van der Waals surface area contributed by atoms with Crippen molar-refractivity contribution in [1.29, 1.82) is 0 Å². The molecule has 0 rings (SSSR count). The maximum absolute atomic E-state index is 8.44. The second kappa shape index (κ2) is 10.5. The molecule has 0 spiro atoms. The summed E-state index contributed by atoms with van der Waals surface area (Å²) in [4.78, 5) is 0. The first-order valence-electron chi connectivity index (χ1n) is 2.49. The molecule has 0 N–H and O–H groups in total. The van der Waals surface area contributed by atoms with Gasteiger partial charge in [0.05, 0.1) is 0 Å². The average Bonchev–Trinajstić information content (AvgIpc) is 1.66. The van der Waals surface area contributed by atoms with Gasteiger partial charge in [-0.15, -0.1) is 12.6 Å². The summed E-state index contributed by atoms with van der Waals surface area (Å²) in [6.07, 6.45) is 0. The highest BCUT2D eigenvalue weighted by Gasteiger charge is 1.64. The lowest BCUT2D eigenvalue weighted by Gasteiger charge is -1.86. The third-order valence-corrected chi connectivity index (χ3v) is 0.408. The summed E-state index contributed by atoms with van der Waals surface area (Å²) >= 11 is 0. The van der Waals surface area contributed by atoms with E-state index in [0.717, 1.165) is 13.2 Å². The van der Waals surface area contributed by atoms with E-state index >= 15 is 0 Å². The molecule has 0 aromatic rings. The quantitative estimate of drug-likeness (QED) is 0.563. The fraction of sp³-hybridized carbons (Fsp3) is 1.00. The first-order chi connectivity index (χ1) is 4.15. The molecule has 4 nitrogen and oxygen atoms in total. The zero-order valence-electron chi connectivity index (χ0n) is 5.46. The molecule has 0 aliphatic carbocycles. The van der Waals surface area contributed by atoms with Crippen LogP contribution in [0.25, 0.3) is 0 Å². The molecule has 5 heteroatoms. The van der Waals surface area contributed by atoms with Gasteiger partial charge in [0, 0.05) is 13.2 Å². The Morgan fingerprint density at radius 3 is 1.33 bits per heavy atom. The van der Waals surface area contributed by atoms with E-state index in [4.69, 9.17) is 17.4 Å². The van der Waals surface area contributed by atoms with E-state index in [1.54, 1.807) is 0 Å². The van der Waals surface area contributed by atoms with Crippen molar-refractivity contribution >= 4 is 10.6 Å². The summed E-state index contributed by atoms with van der Waals surface area (Å²) in [5.74, 6) is 0. The van der Waals surface area contributed by atoms with Crippen molar-refractivity contribution in [2.45, 2.75) is 13.8 Å². The molecule has 0 fully saturated rings. The summed E-state index contributed by atoms with van der Waals surface area (Å²) in [5, 5.41) is 0. The van der Waals surface area contributed by atoms with Gasteiger partial charge in [-0.05, 0) is 13.8 Å². The fourth-order valence-corrected chi connectivity index (χ4v) is 0.204. The lowest BCUT2D eigenvalue weighted by molar-refractivity contribution is 0.162. The molecule has 0 saturated heterocycles. The molecule has 0 aromatic heterocycles. The minimum Gasteiger partial charge on any atom is -0.382 e. The van der Waals surface area contributed by atoms with Crippen molar-refractivity contribution in [2.24, 2.45) is 0 Å². The van der Waals surface area contributed by atoms with Gasteiger partial charge in [0.2, 0.25) is 0 Å². The fourth-order valence-electron chi connectivity index (χ4n) is 0.204. The molecule has 0 unspecified atom stereocenters. The van der Waals surface area contributed by atoms with Gasteiger partial charge >= 0.3 is 10.6 Å². The summed E-state index contributed by atoms with van der Waals surface area (Å²) in [5.41, 5.74) is 0. The van der Waals surface area contributed by atoms with Crippen molar-refractivity contribution < 1.29 is 17.4 Å². The molecular formula is C4H10O4S. The topological polar surface area (TPSA) is 60.4 Å². The van der Waals surface area contributed by atoms with Gasteiger partial charge in [0.25, 0.3) is 0 Å².